The van der Waals surface area contributed by atoms with Crippen LogP contribution in [0.1, 0.15) is 23.5 Å². The molecule has 0 bridgehead atoms. The van der Waals surface area contributed by atoms with Crippen molar-refractivity contribution >= 4 is 5.90 Å². The summed E-state index contributed by atoms with van der Waals surface area (Å²) < 4.78 is 10.9. The van der Waals surface area contributed by atoms with Gasteiger partial charge in [-0.1, -0.05) is 6.58 Å². The normalized spacial score (nSPS) is 16.4. The van der Waals surface area contributed by atoms with Gasteiger partial charge >= 0.3 is 0 Å². The van der Waals surface area contributed by atoms with Gasteiger partial charge in [-0.2, -0.15) is 0 Å². The molecular formula is C11H13NO2. The van der Waals surface area contributed by atoms with Crippen LogP contribution in [0.25, 0.3) is 0 Å². The van der Waals surface area contributed by atoms with Crippen molar-refractivity contribution < 1.29 is 9.15 Å². The Morgan fingerprint density at radius 1 is 1.43 bits per heavy atom. The number of hydrogen-bond acceptors (Lipinski definition) is 3. The molecule has 3 nitrogen and oxygen atoms in total. The van der Waals surface area contributed by atoms with Crippen LogP contribution in [0.5, 0.6) is 0 Å². The third kappa shape index (κ3) is 1.58. The first-order valence-electron chi connectivity index (χ1n) is 4.64. The summed E-state index contributed by atoms with van der Waals surface area (Å²) in [5, 5.41) is 0. The predicted octanol–water partition coefficient (Wildman–Crippen LogP) is 2.58. The smallest absolute Gasteiger partial charge is 0.225 e. The lowest BCUT2D eigenvalue weighted by molar-refractivity contribution is 0.378. The second-order valence-corrected chi connectivity index (χ2v) is 3.40. The Balaban J connectivity index is 2.35. The van der Waals surface area contributed by atoms with E-state index in [0.717, 1.165) is 35.8 Å². The summed E-state index contributed by atoms with van der Waals surface area (Å²) in [4.78, 5) is 4.30. The number of hydrogen-bond donors (Lipinski definition) is 0. The van der Waals surface area contributed by atoms with Crippen LogP contribution in [0.2, 0.25) is 0 Å². The fraction of sp³-hybridized carbons (Fsp3) is 0.364. The third-order valence-electron chi connectivity index (χ3n) is 2.16. The third-order valence-corrected chi connectivity index (χ3v) is 2.16. The van der Waals surface area contributed by atoms with E-state index in [4.69, 9.17) is 9.15 Å². The summed E-state index contributed by atoms with van der Waals surface area (Å²) >= 11 is 0. The molecule has 1 aromatic heterocycles. The zero-order valence-electron chi connectivity index (χ0n) is 8.46. The van der Waals surface area contributed by atoms with E-state index in [2.05, 4.69) is 11.6 Å². The largest absolute Gasteiger partial charge is 0.466 e. The first-order valence-corrected chi connectivity index (χ1v) is 4.64. The molecule has 0 amide bonds. The molecule has 14 heavy (non-hydrogen) atoms. The molecule has 0 radical (unpaired) electrons. The maximum absolute atomic E-state index is 5.46. The zero-order chi connectivity index (χ0) is 10.1. The summed E-state index contributed by atoms with van der Waals surface area (Å²) in [6.07, 6.45) is 0.805. The van der Waals surface area contributed by atoms with E-state index in [0.29, 0.717) is 5.90 Å². The minimum absolute atomic E-state index is 0.635. The quantitative estimate of drug-likeness (QED) is 0.683. The Morgan fingerprint density at radius 2 is 2.21 bits per heavy atom. The van der Waals surface area contributed by atoms with Gasteiger partial charge in [-0.25, -0.2) is 0 Å². The van der Waals surface area contributed by atoms with Crippen molar-refractivity contribution in [2.75, 3.05) is 6.54 Å². The van der Waals surface area contributed by atoms with E-state index < -0.39 is 0 Å². The summed E-state index contributed by atoms with van der Waals surface area (Å²) in [7, 11) is 0. The molecule has 0 aliphatic carbocycles. The lowest BCUT2D eigenvalue weighted by atomic mass is 10.2. The van der Waals surface area contributed by atoms with Gasteiger partial charge < -0.3 is 9.15 Å². The van der Waals surface area contributed by atoms with Gasteiger partial charge in [0.1, 0.15) is 17.3 Å². The molecule has 2 rings (SSSR count). The lowest BCUT2D eigenvalue weighted by Crippen LogP contribution is -2.13. The summed E-state index contributed by atoms with van der Waals surface area (Å²) in [5.41, 5.74) is 0.934. The fourth-order valence-corrected chi connectivity index (χ4v) is 1.49. The zero-order valence-corrected chi connectivity index (χ0v) is 8.46. The molecule has 0 atom stereocenters. The highest BCUT2D eigenvalue weighted by Gasteiger charge is 2.16. The summed E-state index contributed by atoms with van der Waals surface area (Å²) in [6.45, 7) is 8.36. The van der Waals surface area contributed by atoms with Crippen LogP contribution in [-0.4, -0.2) is 12.4 Å². The van der Waals surface area contributed by atoms with Gasteiger partial charge in [0.15, 0.2) is 0 Å². The van der Waals surface area contributed by atoms with Crippen LogP contribution >= 0.6 is 0 Å². The number of furan rings is 1. The van der Waals surface area contributed by atoms with E-state index in [1.54, 1.807) is 0 Å². The van der Waals surface area contributed by atoms with E-state index in [-0.39, 0.29) is 0 Å². The molecule has 0 N–H and O–H groups in total. The SMILES string of the molecule is C=C1CCN=C(c2cc(C)oc2C)O1. The van der Waals surface area contributed by atoms with E-state index >= 15 is 0 Å². The molecule has 74 valence electrons. The van der Waals surface area contributed by atoms with Crippen molar-refractivity contribution in [3.8, 4) is 0 Å². The van der Waals surface area contributed by atoms with Crippen molar-refractivity contribution in [2.24, 2.45) is 4.99 Å². The highest BCUT2D eigenvalue weighted by atomic mass is 16.5. The van der Waals surface area contributed by atoms with E-state index in [1.165, 1.54) is 0 Å². The second-order valence-electron chi connectivity index (χ2n) is 3.40. The van der Waals surface area contributed by atoms with Crippen LogP contribution in [0.3, 0.4) is 0 Å². The minimum atomic E-state index is 0.635. The second kappa shape index (κ2) is 3.33. The van der Waals surface area contributed by atoms with Crippen LogP contribution < -0.4 is 0 Å². The number of aliphatic imine (C=N–C) groups is 1. The molecule has 1 aliphatic heterocycles. The van der Waals surface area contributed by atoms with Crippen molar-refractivity contribution in [2.45, 2.75) is 20.3 Å². The highest BCUT2D eigenvalue weighted by Crippen LogP contribution is 2.19. The average molecular weight is 191 g/mol. The minimum Gasteiger partial charge on any atom is -0.466 e. The number of nitrogens with zero attached hydrogens (tertiary/aromatic N) is 1. The predicted molar refractivity (Wildman–Crippen MR) is 54.4 cm³/mol. The van der Waals surface area contributed by atoms with Crippen LogP contribution in [0.15, 0.2) is 27.8 Å². The summed E-state index contributed by atoms with van der Waals surface area (Å²) in [5.74, 6) is 3.12. The van der Waals surface area contributed by atoms with Crippen LogP contribution in [0, 0.1) is 13.8 Å². The van der Waals surface area contributed by atoms with Gasteiger partial charge in [-0.05, 0) is 19.9 Å². The van der Waals surface area contributed by atoms with Gasteiger partial charge in [-0.3, -0.25) is 4.99 Å². The molecule has 0 saturated carbocycles. The average Bonchev–Trinajstić information content (AvgIpc) is 2.45. The van der Waals surface area contributed by atoms with Crippen LogP contribution in [-0.2, 0) is 4.74 Å². The molecule has 2 heterocycles. The molecule has 1 aliphatic rings. The van der Waals surface area contributed by atoms with Crippen molar-refractivity contribution in [1.82, 2.24) is 0 Å². The molecule has 0 saturated heterocycles. The van der Waals surface area contributed by atoms with Crippen LogP contribution in [0.4, 0.5) is 0 Å². The standard InChI is InChI=1S/C11H13NO2/c1-7-4-5-12-11(14-7)10-6-8(2)13-9(10)3/h6H,1,4-5H2,2-3H3. The maximum atomic E-state index is 5.46. The van der Waals surface area contributed by atoms with Crippen molar-refractivity contribution in [3.05, 3.63) is 35.5 Å². The molecule has 0 spiro atoms. The molecule has 3 heteroatoms. The first-order chi connectivity index (χ1) is 6.66. The van der Waals surface area contributed by atoms with Gasteiger partial charge in [0.05, 0.1) is 5.56 Å². The molecule has 0 aromatic carbocycles. The first kappa shape index (κ1) is 9.06. The molecule has 0 fully saturated rings. The van der Waals surface area contributed by atoms with Gasteiger partial charge in [0, 0.05) is 13.0 Å². The Hall–Kier alpha value is -1.51. The number of rotatable bonds is 1. The lowest BCUT2D eigenvalue weighted by Gasteiger charge is -2.14. The Labute approximate surface area is 83.1 Å². The molecular weight excluding hydrogens is 178 g/mol. The topological polar surface area (TPSA) is 34.7 Å². The maximum Gasteiger partial charge on any atom is 0.225 e. The molecule has 1 aromatic rings. The number of aryl methyl sites for hydroxylation is 2. The van der Waals surface area contributed by atoms with Gasteiger partial charge in [-0.15, -0.1) is 0 Å². The summed E-state index contributed by atoms with van der Waals surface area (Å²) in [6, 6.07) is 1.94. The van der Waals surface area contributed by atoms with E-state index in [9.17, 15) is 0 Å². The highest BCUT2D eigenvalue weighted by molar-refractivity contribution is 5.96. The Kier molecular flexibility index (Phi) is 2.15. The Bertz CT molecular complexity index is 401. The Morgan fingerprint density at radius 3 is 2.79 bits per heavy atom. The van der Waals surface area contributed by atoms with Crippen molar-refractivity contribution in [3.63, 3.8) is 0 Å². The monoisotopic (exact) mass is 191 g/mol. The fourth-order valence-electron chi connectivity index (χ4n) is 1.49. The van der Waals surface area contributed by atoms with Gasteiger partial charge in [0.2, 0.25) is 5.90 Å². The number of ether oxygens (including phenoxy) is 1. The van der Waals surface area contributed by atoms with Crippen molar-refractivity contribution in [1.29, 1.82) is 0 Å². The van der Waals surface area contributed by atoms with E-state index in [1.807, 2.05) is 19.9 Å². The van der Waals surface area contributed by atoms with Gasteiger partial charge in [0.25, 0.3) is 0 Å². The molecule has 0 unspecified atom stereocenters.